The van der Waals surface area contributed by atoms with Crippen molar-refractivity contribution in [3.63, 3.8) is 0 Å². The number of nitrogens with zero attached hydrogens (tertiary/aromatic N) is 2. The number of ether oxygens (including phenoxy) is 1. The lowest BCUT2D eigenvalue weighted by Gasteiger charge is -2.12. The van der Waals surface area contributed by atoms with Gasteiger partial charge >= 0.3 is 6.18 Å². The van der Waals surface area contributed by atoms with E-state index < -0.39 is 55.6 Å². The fourth-order valence-corrected chi connectivity index (χ4v) is 3.83. The van der Waals surface area contributed by atoms with Gasteiger partial charge in [0.25, 0.3) is 10.0 Å². The van der Waals surface area contributed by atoms with Crippen LogP contribution in [0.25, 0.3) is 0 Å². The Hall–Kier alpha value is -2.87. The monoisotopic (exact) mass is 455 g/mol. The minimum Gasteiger partial charge on any atom is -0.454 e. The van der Waals surface area contributed by atoms with Gasteiger partial charge in [-0.05, 0) is 12.1 Å². The number of hydrogen-bond acceptors (Lipinski definition) is 6. The molecule has 0 amide bonds. The maximum Gasteiger partial charge on any atom is 0.416 e. The van der Waals surface area contributed by atoms with Crippen LogP contribution < -0.4 is 9.46 Å². The summed E-state index contributed by atoms with van der Waals surface area (Å²) in [5.74, 6) is -5.92. The van der Waals surface area contributed by atoms with Gasteiger partial charge in [0.15, 0.2) is 11.6 Å². The summed E-state index contributed by atoms with van der Waals surface area (Å²) in [6, 6.07) is 1.66. The zero-order chi connectivity index (χ0) is 21.4. The summed E-state index contributed by atoms with van der Waals surface area (Å²) < 4.78 is 115. The van der Waals surface area contributed by atoms with Crippen molar-refractivity contribution >= 4 is 26.7 Å². The van der Waals surface area contributed by atoms with E-state index in [1.54, 1.807) is 0 Å². The molecule has 0 bridgehead atoms. The molecule has 0 atom stereocenters. The molecule has 6 nitrogen and oxygen atoms in total. The summed E-state index contributed by atoms with van der Waals surface area (Å²) in [5.41, 5.74) is -1.41. The fraction of sp³-hybridized carbons (Fsp3) is 0.0667. The Morgan fingerprint density at radius 3 is 2.34 bits per heavy atom. The van der Waals surface area contributed by atoms with Crippen molar-refractivity contribution in [3.05, 3.63) is 59.7 Å². The molecule has 1 aromatic heterocycles. The van der Waals surface area contributed by atoms with Crippen molar-refractivity contribution in [2.75, 3.05) is 4.72 Å². The van der Waals surface area contributed by atoms with E-state index in [9.17, 15) is 34.8 Å². The fourth-order valence-electron chi connectivity index (χ4n) is 2.09. The summed E-state index contributed by atoms with van der Waals surface area (Å²) in [4.78, 5) is 2.43. The van der Waals surface area contributed by atoms with E-state index in [-0.39, 0.29) is 17.3 Å². The second-order valence-electron chi connectivity index (χ2n) is 5.34. The molecule has 0 aliphatic carbocycles. The van der Waals surface area contributed by atoms with E-state index in [1.165, 1.54) is 0 Å². The van der Waals surface area contributed by atoms with Crippen LogP contribution in [-0.4, -0.2) is 17.8 Å². The van der Waals surface area contributed by atoms with Gasteiger partial charge in [0, 0.05) is 29.7 Å². The lowest BCUT2D eigenvalue weighted by atomic mass is 10.2. The molecule has 0 aliphatic heterocycles. The summed E-state index contributed by atoms with van der Waals surface area (Å²) in [6.07, 6.45) is -3.87. The number of rotatable bonds is 5. The zero-order valence-electron chi connectivity index (χ0n) is 13.7. The molecule has 0 radical (unpaired) electrons. The number of aromatic nitrogens is 2. The third kappa shape index (κ3) is 4.76. The van der Waals surface area contributed by atoms with Crippen LogP contribution in [0.2, 0.25) is 0 Å². The van der Waals surface area contributed by atoms with Crippen LogP contribution in [-0.2, 0) is 16.2 Å². The number of hydrogen-bond donors (Lipinski definition) is 1. The molecule has 154 valence electrons. The van der Waals surface area contributed by atoms with Crippen LogP contribution in [0.15, 0.2) is 41.6 Å². The molecule has 0 saturated carbocycles. The molecule has 0 fully saturated rings. The molecule has 0 saturated heterocycles. The lowest BCUT2D eigenvalue weighted by Crippen LogP contribution is -2.15. The number of alkyl halides is 3. The summed E-state index contributed by atoms with van der Waals surface area (Å²) in [5, 5.41) is -0.204. The van der Waals surface area contributed by atoms with Gasteiger partial charge < -0.3 is 4.74 Å². The normalized spacial score (nSPS) is 12.1. The molecular formula is C15H7F6N3O3S2. The molecule has 14 heteroatoms. The molecule has 3 aromatic rings. The van der Waals surface area contributed by atoms with E-state index in [1.807, 2.05) is 4.72 Å². The smallest absolute Gasteiger partial charge is 0.416 e. The molecule has 1 N–H and O–H groups in total. The Morgan fingerprint density at radius 2 is 1.72 bits per heavy atom. The summed E-state index contributed by atoms with van der Waals surface area (Å²) in [6.45, 7) is 0. The first-order chi connectivity index (χ1) is 13.5. The van der Waals surface area contributed by atoms with Gasteiger partial charge in [-0.2, -0.15) is 17.5 Å². The van der Waals surface area contributed by atoms with Gasteiger partial charge in [0.1, 0.15) is 28.6 Å². The van der Waals surface area contributed by atoms with Gasteiger partial charge in [0.05, 0.1) is 5.56 Å². The van der Waals surface area contributed by atoms with Crippen LogP contribution in [0, 0.1) is 17.5 Å². The van der Waals surface area contributed by atoms with Crippen molar-refractivity contribution in [2.24, 2.45) is 0 Å². The predicted octanol–water partition coefficient (Wildman–Crippen LogP) is 4.57. The summed E-state index contributed by atoms with van der Waals surface area (Å²) >= 11 is 0.644. The highest BCUT2D eigenvalue weighted by atomic mass is 32.2. The van der Waals surface area contributed by atoms with Crippen molar-refractivity contribution < 1.29 is 39.5 Å². The zero-order valence-corrected chi connectivity index (χ0v) is 15.3. The van der Waals surface area contributed by atoms with E-state index >= 15 is 0 Å². The molecule has 1 heterocycles. The third-order valence-electron chi connectivity index (χ3n) is 3.29. The van der Waals surface area contributed by atoms with Gasteiger partial charge in [-0.25, -0.2) is 26.6 Å². The van der Waals surface area contributed by atoms with E-state index in [2.05, 4.69) is 9.36 Å². The first-order valence-electron chi connectivity index (χ1n) is 7.30. The Bertz CT molecular complexity index is 1150. The number of benzene rings is 2. The Morgan fingerprint density at radius 1 is 1.00 bits per heavy atom. The highest BCUT2D eigenvalue weighted by Crippen LogP contribution is 2.35. The number of halogens is 6. The van der Waals surface area contributed by atoms with Crippen LogP contribution in [0.1, 0.15) is 5.56 Å². The SMILES string of the molecule is O=S(=O)(Nc1ncns1)c1cc(F)c(Oc2cc(F)cc(C(F)(F)F)c2)cc1F. The van der Waals surface area contributed by atoms with Gasteiger partial charge in [0.2, 0.25) is 5.13 Å². The highest BCUT2D eigenvalue weighted by molar-refractivity contribution is 7.93. The van der Waals surface area contributed by atoms with Gasteiger partial charge in [-0.3, -0.25) is 4.72 Å². The van der Waals surface area contributed by atoms with E-state index in [0.717, 1.165) is 6.33 Å². The maximum absolute atomic E-state index is 14.3. The standard InChI is InChI=1S/C15H7F6N3O3S2/c16-8-1-7(15(19,20)21)2-9(3-8)27-12-4-11(18)13(5-10(12)17)29(25,26)24-14-22-6-23-28-14/h1-6H,(H,22,23,24). The summed E-state index contributed by atoms with van der Waals surface area (Å²) in [7, 11) is -4.58. The van der Waals surface area contributed by atoms with Crippen LogP contribution >= 0.6 is 11.5 Å². The van der Waals surface area contributed by atoms with Crippen LogP contribution in [0.4, 0.5) is 31.5 Å². The van der Waals surface area contributed by atoms with E-state index in [4.69, 9.17) is 4.74 Å². The number of sulfonamides is 1. The van der Waals surface area contributed by atoms with Crippen molar-refractivity contribution in [1.82, 2.24) is 9.36 Å². The molecule has 3 rings (SSSR count). The minimum atomic E-state index is -4.90. The molecule has 0 spiro atoms. The van der Waals surface area contributed by atoms with Crippen molar-refractivity contribution in [2.45, 2.75) is 11.1 Å². The first-order valence-corrected chi connectivity index (χ1v) is 9.55. The van der Waals surface area contributed by atoms with E-state index in [0.29, 0.717) is 29.7 Å². The molecule has 2 aromatic carbocycles. The van der Waals surface area contributed by atoms with Crippen LogP contribution in [0.5, 0.6) is 11.5 Å². The quantitative estimate of drug-likeness (QED) is 0.571. The average molecular weight is 455 g/mol. The topological polar surface area (TPSA) is 81.2 Å². The second-order valence-corrected chi connectivity index (χ2v) is 7.77. The van der Waals surface area contributed by atoms with Gasteiger partial charge in [-0.15, -0.1) is 0 Å². The minimum absolute atomic E-state index is 0.193. The highest BCUT2D eigenvalue weighted by Gasteiger charge is 2.32. The first kappa shape index (κ1) is 20.9. The largest absolute Gasteiger partial charge is 0.454 e. The average Bonchev–Trinajstić information content (AvgIpc) is 3.08. The Labute approximate surface area is 163 Å². The molecule has 29 heavy (non-hydrogen) atoms. The molecule has 0 unspecified atom stereocenters. The Balaban J connectivity index is 1.94. The second kappa shape index (κ2) is 7.51. The molecule has 0 aliphatic rings. The molecular weight excluding hydrogens is 448 g/mol. The van der Waals surface area contributed by atoms with Crippen molar-refractivity contribution in [1.29, 1.82) is 0 Å². The maximum atomic E-state index is 14.3. The lowest BCUT2D eigenvalue weighted by molar-refractivity contribution is -0.137. The van der Waals surface area contributed by atoms with Gasteiger partial charge in [-0.1, -0.05) is 0 Å². The Kier molecular flexibility index (Phi) is 5.40. The predicted molar refractivity (Wildman–Crippen MR) is 88.6 cm³/mol. The van der Waals surface area contributed by atoms with Crippen molar-refractivity contribution in [3.8, 4) is 11.5 Å². The third-order valence-corrected chi connectivity index (χ3v) is 5.35. The number of anilines is 1. The number of nitrogens with one attached hydrogen (secondary N) is 1. The van der Waals surface area contributed by atoms with Crippen LogP contribution in [0.3, 0.4) is 0 Å².